The standard InChI is InChI=1S/C10H21NO3S/c1-14-8-10(2-5-11)9-3-6-15(12,13)7-4-9/h9-10H,2-8,11H2,1H3. The molecule has 4 nitrogen and oxygen atoms in total. The normalized spacial score (nSPS) is 23.9. The molecule has 90 valence electrons. The van der Waals surface area contributed by atoms with Gasteiger partial charge in [0.1, 0.15) is 9.84 Å². The molecule has 0 aromatic heterocycles. The van der Waals surface area contributed by atoms with Gasteiger partial charge in [0.25, 0.3) is 0 Å². The van der Waals surface area contributed by atoms with Gasteiger partial charge in [-0.3, -0.25) is 0 Å². The Morgan fingerprint density at radius 2 is 2.00 bits per heavy atom. The average Bonchev–Trinajstić information content (AvgIpc) is 2.18. The summed E-state index contributed by atoms with van der Waals surface area (Å²) in [6.45, 7) is 1.35. The van der Waals surface area contributed by atoms with Crippen molar-refractivity contribution in [1.82, 2.24) is 0 Å². The van der Waals surface area contributed by atoms with E-state index in [-0.39, 0.29) is 0 Å². The fourth-order valence-corrected chi connectivity index (χ4v) is 3.79. The molecule has 0 radical (unpaired) electrons. The third-order valence-corrected chi connectivity index (χ3v) is 4.90. The van der Waals surface area contributed by atoms with Crippen molar-refractivity contribution < 1.29 is 13.2 Å². The minimum atomic E-state index is -2.75. The van der Waals surface area contributed by atoms with E-state index >= 15 is 0 Å². The van der Waals surface area contributed by atoms with Crippen molar-refractivity contribution in [3.05, 3.63) is 0 Å². The van der Waals surface area contributed by atoms with Crippen molar-refractivity contribution in [3.63, 3.8) is 0 Å². The summed E-state index contributed by atoms with van der Waals surface area (Å²) in [6, 6.07) is 0. The second-order valence-corrected chi connectivity index (χ2v) is 6.59. The lowest BCUT2D eigenvalue weighted by Gasteiger charge is -2.29. The maximum absolute atomic E-state index is 11.3. The van der Waals surface area contributed by atoms with Gasteiger partial charge in [0.15, 0.2) is 0 Å². The van der Waals surface area contributed by atoms with Gasteiger partial charge < -0.3 is 10.5 Å². The Hall–Kier alpha value is -0.130. The van der Waals surface area contributed by atoms with E-state index in [9.17, 15) is 8.42 Å². The molecule has 1 saturated heterocycles. The second-order valence-electron chi connectivity index (χ2n) is 4.28. The SMILES string of the molecule is COCC(CCN)C1CCS(=O)(=O)CC1. The van der Waals surface area contributed by atoms with Crippen LogP contribution in [0.1, 0.15) is 19.3 Å². The molecule has 1 heterocycles. The Balaban J connectivity index is 2.48. The summed E-state index contributed by atoms with van der Waals surface area (Å²) in [5, 5.41) is 0. The minimum Gasteiger partial charge on any atom is -0.384 e. The molecule has 0 aromatic carbocycles. The topological polar surface area (TPSA) is 69.4 Å². The van der Waals surface area contributed by atoms with Crippen LogP contribution in [0.15, 0.2) is 0 Å². The van der Waals surface area contributed by atoms with E-state index in [1.54, 1.807) is 7.11 Å². The van der Waals surface area contributed by atoms with E-state index in [4.69, 9.17) is 10.5 Å². The number of methoxy groups -OCH3 is 1. The molecule has 5 heteroatoms. The first-order valence-electron chi connectivity index (χ1n) is 5.48. The van der Waals surface area contributed by atoms with Gasteiger partial charge in [-0.1, -0.05) is 0 Å². The van der Waals surface area contributed by atoms with Crippen LogP contribution in [0.5, 0.6) is 0 Å². The first-order valence-corrected chi connectivity index (χ1v) is 7.30. The summed E-state index contributed by atoms with van der Waals surface area (Å²) in [5.74, 6) is 1.57. The molecule has 1 fully saturated rings. The second kappa shape index (κ2) is 5.82. The number of hydrogen-bond donors (Lipinski definition) is 1. The van der Waals surface area contributed by atoms with Gasteiger partial charge in [-0.05, 0) is 37.6 Å². The fourth-order valence-electron chi connectivity index (χ4n) is 2.26. The zero-order valence-electron chi connectivity index (χ0n) is 9.31. The van der Waals surface area contributed by atoms with Gasteiger partial charge >= 0.3 is 0 Å². The fraction of sp³-hybridized carbons (Fsp3) is 1.00. The van der Waals surface area contributed by atoms with E-state index in [0.717, 1.165) is 19.3 Å². The Labute approximate surface area is 92.1 Å². The molecule has 2 N–H and O–H groups in total. The summed E-state index contributed by atoms with van der Waals surface area (Å²) in [7, 11) is -1.07. The lowest BCUT2D eigenvalue weighted by atomic mass is 9.86. The summed E-state index contributed by atoms with van der Waals surface area (Å²) in [5.41, 5.74) is 5.55. The Bertz CT molecular complexity index is 256. The molecule has 15 heavy (non-hydrogen) atoms. The molecule has 0 aromatic rings. The molecule has 0 amide bonds. The number of nitrogens with two attached hydrogens (primary N) is 1. The minimum absolute atomic E-state index is 0.336. The predicted octanol–water partition coefficient (Wildman–Crippen LogP) is 0.423. The summed E-state index contributed by atoms with van der Waals surface area (Å²) >= 11 is 0. The van der Waals surface area contributed by atoms with Gasteiger partial charge in [-0.15, -0.1) is 0 Å². The largest absolute Gasteiger partial charge is 0.384 e. The highest BCUT2D eigenvalue weighted by atomic mass is 32.2. The monoisotopic (exact) mass is 235 g/mol. The maximum Gasteiger partial charge on any atom is 0.150 e. The lowest BCUT2D eigenvalue weighted by Crippen LogP contribution is -2.31. The summed E-state index contributed by atoms with van der Waals surface area (Å²) in [6.07, 6.45) is 2.48. The highest BCUT2D eigenvalue weighted by Crippen LogP contribution is 2.28. The van der Waals surface area contributed by atoms with Crippen LogP contribution in [0, 0.1) is 11.8 Å². The molecule has 0 aliphatic carbocycles. The van der Waals surface area contributed by atoms with Crippen LogP contribution in [0.25, 0.3) is 0 Å². The van der Waals surface area contributed by atoms with E-state index in [1.165, 1.54) is 0 Å². The zero-order chi connectivity index (χ0) is 11.3. The average molecular weight is 235 g/mol. The first-order chi connectivity index (χ1) is 7.09. The van der Waals surface area contributed by atoms with Crippen LogP contribution in [-0.4, -0.2) is 40.2 Å². The Kier molecular flexibility index (Phi) is 5.02. The van der Waals surface area contributed by atoms with Gasteiger partial charge in [-0.25, -0.2) is 8.42 Å². The van der Waals surface area contributed by atoms with Gasteiger partial charge in [0.05, 0.1) is 11.5 Å². The third-order valence-electron chi connectivity index (χ3n) is 3.18. The number of hydrogen-bond acceptors (Lipinski definition) is 4. The smallest absolute Gasteiger partial charge is 0.150 e. The van der Waals surface area contributed by atoms with Crippen LogP contribution >= 0.6 is 0 Å². The molecule has 0 spiro atoms. The van der Waals surface area contributed by atoms with Crippen molar-refractivity contribution in [2.45, 2.75) is 19.3 Å². The zero-order valence-corrected chi connectivity index (χ0v) is 10.1. The van der Waals surface area contributed by atoms with E-state index in [2.05, 4.69) is 0 Å². The highest BCUT2D eigenvalue weighted by molar-refractivity contribution is 7.91. The van der Waals surface area contributed by atoms with Gasteiger partial charge in [0.2, 0.25) is 0 Å². The van der Waals surface area contributed by atoms with E-state index < -0.39 is 9.84 Å². The van der Waals surface area contributed by atoms with Gasteiger partial charge in [0, 0.05) is 13.7 Å². The predicted molar refractivity (Wildman–Crippen MR) is 60.4 cm³/mol. The molecule has 1 aliphatic heterocycles. The molecule has 0 saturated carbocycles. The Morgan fingerprint density at radius 3 is 2.47 bits per heavy atom. The number of sulfone groups is 1. The first kappa shape index (κ1) is 12.9. The summed E-state index contributed by atoms with van der Waals surface area (Å²) < 4.78 is 27.7. The molecule has 1 aliphatic rings. The quantitative estimate of drug-likeness (QED) is 0.750. The third kappa shape index (κ3) is 4.09. The van der Waals surface area contributed by atoms with Crippen molar-refractivity contribution in [1.29, 1.82) is 0 Å². The van der Waals surface area contributed by atoms with E-state index in [1.807, 2.05) is 0 Å². The molecule has 1 atom stereocenters. The van der Waals surface area contributed by atoms with Crippen LogP contribution in [0.4, 0.5) is 0 Å². The lowest BCUT2D eigenvalue weighted by molar-refractivity contribution is 0.111. The molecule has 0 bridgehead atoms. The molecular formula is C10H21NO3S. The van der Waals surface area contributed by atoms with Crippen LogP contribution in [0.3, 0.4) is 0 Å². The van der Waals surface area contributed by atoms with Crippen LogP contribution < -0.4 is 5.73 Å². The van der Waals surface area contributed by atoms with Crippen LogP contribution in [0.2, 0.25) is 0 Å². The molecule has 1 rings (SSSR count). The number of rotatable bonds is 5. The molecule has 1 unspecified atom stereocenters. The van der Waals surface area contributed by atoms with Crippen LogP contribution in [-0.2, 0) is 14.6 Å². The summed E-state index contributed by atoms with van der Waals surface area (Å²) in [4.78, 5) is 0. The molecular weight excluding hydrogens is 214 g/mol. The maximum atomic E-state index is 11.3. The number of ether oxygens (including phenoxy) is 1. The van der Waals surface area contributed by atoms with Crippen molar-refractivity contribution in [3.8, 4) is 0 Å². The van der Waals surface area contributed by atoms with Crippen molar-refractivity contribution in [2.75, 3.05) is 31.8 Å². The highest BCUT2D eigenvalue weighted by Gasteiger charge is 2.28. The van der Waals surface area contributed by atoms with E-state index in [0.29, 0.717) is 36.5 Å². The Morgan fingerprint density at radius 1 is 1.40 bits per heavy atom. The van der Waals surface area contributed by atoms with Crippen molar-refractivity contribution >= 4 is 9.84 Å². The van der Waals surface area contributed by atoms with Gasteiger partial charge in [-0.2, -0.15) is 0 Å². The van der Waals surface area contributed by atoms with Crippen molar-refractivity contribution in [2.24, 2.45) is 17.6 Å².